The molecule has 0 aliphatic carbocycles. The number of para-hydroxylation sites is 1. The predicted molar refractivity (Wildman–Crippen MR) is 161 cm³/mol. The number of anilines is 1. The number of esters is 4. The number of thioether (sulfide) groups is 1. The first-order chi connectivity index (χ1) is 21.8. The van der Waals surface area contributed by atoms with Crippen LogP contribution in [0.4, 0.5) is 11.4 Å². The molecule has 1 amide bonds. The van der Waals surface area contributed by atoms with E-state index in [0.29, 0.717) is 11.2 Å². The van der Waals surface area contributed by atoms with Gasteiger partial charge in [0.2, 0.25) is 0 Å². The van der Waals surface area contributed by atoms with Crippen molar-refractivity contribution in [2.45, 2.75) is 62.4 Å². The third-order valence-corrected chi connectivity index (χ3v) is 7.70. The third kappa shape index (κ3) is 8.33. The number of nitrogens with zero attached hydrogens (tertiary/aromatic N) is 2. The van der Waals surface area contributed by atoms with Crippen LogP contribution in [0.5, 0.6) is 0 Å². The molecule has 0 bridgehead atoms. The lowest BCUT2D eigenvalue weighted by Gasteiger charge is -2.44. The fraction of sp³-hybridized carbons (Fsp3) is 0.333. The summed E-state index contributed by atoms with van der Waals surface area (Å²) in [6.07, 6.45) is -4.00. The molecule has 0 saturated carbocycles. The molecule has 0 unspecified atom stereocenters. The Morgan fingerprint density at radius 1 is 0.891 bits per heavy atom. The summed E-state index contributed by atoms with van der Waals surface area (Å²) < 4.78 is 27.6. The molecule has 1 saturated heterocycles. The van der Waals surface area contributed by atoms with Crippen LogP contribution in [0.3, 0.4) is 0 Å². The van der Waals surface area contributed by atoms with Gasteiger partial charge in [0.15, 0.2) is 18.3 Å². The highest BCUT2D eigenvalue weighted by molar-refractivity contribution is 8.00. The Morgan fingerprint density at radius 3 is 2.20 bits per heavy atom. The summed E-state index contributed by atoms with van der Waals surface area (Å²) >= 11 is 0.752. The van der Waals surface area contributed by atoms with E-state index in [1.54, 1.807) is 24.4 Å². The first-order valence-electron chi connectivity index (χ1n) is 13.7. The lowest BCUT2D eigenvalue weighted by molar-refractivity contribution is -0.385. The first kappa shape index (κ1) is 33.8. The molecule has 1 aliphatic rings. The molecule has 242 valence electrons. The van der Waals surface area contributed by atoms with Crippen molar-refractivity contribution in [2.24, 2.45) is 0 Å². The van der Waals surface area contributed by atoms with Gasteiger partial charge in [-0.05, 0) is 18.2 Å². The monoisotopic (exact) mass is 655 g/mol. The van der Waals surface area contributed by atoms with Gasteiger partial charge in [-0.3, -0.25) is 39.1 Å². The largest absolute Gasteiger partial charge is 0.463 e. The molecular weight excluding hydrogens is 626 g/mol. The fourth-order valence-corrected chi connectivity index (χ4v) is 5.98. The number of nitrogens with one attached hydrogen (secondary N) is 1. The second kappa shape index (κ2) is 14.8. The van der Waals surface area contributed by atoms with Gasteiger partial charge in [0.25, 0.3) is 11.6 Å². The number of nitro benzene ring substituents is 1. The summed E-state index contributed by atoms with van der Waals surface area (Å²) in [4.78, 5) is 77.2. The van der Waals surface area contributed by atoms with Crippen molar-refractivity contribution in [1.82, 2.24) is 4.98 Å². The predicted octanol–water partition coefficient (Wildman–Crippen LogP) is 3.57. The molecule has 0 spiro atoms. The van der Waals surface area contributed by atoms with Crippen LogP contribution >= 0.6 is 11.8 Å². The van der Waals surface area contributed by atoms with Crippen molar-refractivity contribution in [3.05, 3.63) is 70.4 Å². The van der Waals surface area contributed by atoms with Gasteiger partial charge in [0.1, 0.15) is 18.1 Å². The van der Waals surface area contributed by atoms with E-state index < -0.39 is 71.2 Å². The van der Waals surface area contributed by atoms with Gasteiger partial charge < -0.3 is 29.0 Å². The van der Waals surface area contributed by atoms with E-state index in [9.17, 15) is 34.1 Å². The molecule has 2 heterocycles. The van der Waals surface area contributed by atoms with E-state index in [1.807, 2.05) is 12.1 Å². The number of nitro groups is 1. The molecule has 0 radical (unpaired) electrons. The summed E-state index contributed by atoms with van der Waals surface area (Å²) in [6.45, 7) is 3.93. The highest BCUT2D eigenvalue weighted by Crippen LogP contribution is 2.40. The van der Waals surface area contributed by atoms with Crippen molar-refractivity contribution in [3.8, 4) is 0 Å². The smallest absolute Gasteiger partial charge is 0.303 e. The molecule has 2 aromatic carbocycles. The van der Waals surface area contributed by atoms with Crippen LogP contribution in [0.1, 0.15) is 38.1 Å². The summed E-state index contributed by atoms with van der Waals surface area (Å²) in [5.41, 5.74) is -0.819. The van der Waals surface area contributed by atoms with E-state index in [4.69, 9.17) is 23.7 Å². The quantitative estimate of drug-likeness (QED) is 0.144. The summed E-state index contributed by atoms with van der Waals surface area (Å²) in [5, 5.41) is 15.3. The number of amides is 1. The van der Waals surface area contributed by atoms with Crippen molar-refractivity contribution < 1.29 is 52.6 Å². The maximum absolute atomic E-state index is 13.7. The minimum atomic E-state index is -1.46. The maximum Gasteiger partial charge on any atom is 0.303 e. The lowest BCUT2D eigenvalue weighted by atomic mass is 9.99. The number of hydrogen-bond donors (Lipinski definition) is 1. The summed E-state index contributed by atoms with van der Waals surface area (Å²) in [5.74, 6) is -3.79. The number of ether oxygens (including phenoxy) is 5. The van der Waals surface area contributed by atoms with Crippen LogP contribution in [0.15, 0.2) is 59.6 Å². The van der Waals surface area contributed by atoms with Crippen LogP contribution in [0.2, 0.25) is 0 Å². The molecule has 46 heavy (non-hydrogen) atoms. The fourth-order valence-electron chi connectivity index (χ4n) is 4.71. The van der Waals surface area contributed by atoms with E-state index in [0.717, 1.165) is 57.0 Å². The van der Waals surface area contributed by atoms with Crippen molar-refractivity contribution in [1.29, 1.82) is 0 Å². The number of pyridine rings is 1. The molecule has 1 aliphatic heterocycles. The molecule has 16 heteroatoms. The zero-order chi connectivity index (χ0) is 33.5. The SMILES string of the molecule is CC(=O)OC[C@H]1O[C@@H](Sc2cc([N+](=O)[O-])ccc2C(=O)Nc2cccc3cccnc23)[C@H](OC(C)=O)[C@@H](OC(C)=O)[C@@H]1OC(C)=O. The third-order valence-electron chi connectivity index (χ3n) is 6.49. The highest BCUT2D eigenvalue weighted by atomic mass is 32.2. The standard InChI is InChI=1S/C30H29N3O12S/c1-15(34)41-14-23-26(42-16(2)35)27(43-17(3)36)28(44-18(4)37)30(45-23)46-24-13-20(33(39)40)10-11-21(24)29(38)32-22-9-5-7-19-8-6-12-31-25(19)22/h5-13,23,26-28,30H,14H2,1-4H3,(H,32,38)/t23-,26-,27+,28-,30+/m1/s1. The molecule has 3 aromatic rings. The van der Waals surface area contributed by atoms with Crippen LogP contribution in [-0.2, 0) is 42.9 Å². The van der Waals surface area contributed by atoms with Gasteiger partial charge in [-0.2, -0.15) is 0 Å². The van der Waals surface area contributed by atoms with Gasteiger partial charge >= 0.3 is 23.9 Å². The Balaban J connectivity index is 1.77. The minimum absolute atomic E-state index is 0.0172. The number of hydrogen-bond acceptors (Lipinski definition) is 14. The Morgan fingerprint density at radius 2 is 1.54 bits per heavy atom. The van der Waals surface area contributed by atoms with Crippen LogP contribution in [-0.4, -0.2) is 76.2 Å². The van der Waals surface area contributed by atoms with Gasteiger partial charge in [-0.25, -0.2) is 0 Å². The zero-order valence-electron chi connectivity index (χ0n) is 25.0. The molecule has 1 N–H and O–H groups in total. The number of carbonyl (C=O) groups excluding carboxylic acids is 5. The topological polar surface area (TPSA) is 200 Å². The Labute approximate surface area is 266 Å². The molecule has 1 fully saturated rings. The van der Waals surface area contributed by atoms with Crippen LogP contribution in [0, 0.1) is 10.1 Å². The second-order valence-corrected chi connectivity index (χ2v) is 11.1. The maximum atomic E-state index is 13.7. The number of fused-ring (bicyclic) bond motifs is 1. The number of aromatic nitrogens is 1. The first-order valence-corrected chi connectivity index (χ1v) is 14.6. The van der Waals surface area contributed by atoms with Crippen LogP contribution < -0.4 is 5.32 Å². The average molecular weight is 656 g/mol. The number of rotatable bonds is 10. The normalized spacial score (nSPS) is 20.7. The summed E-state index contributed by atoms with van der Waals surface area (Å²) in [6, 6.07) is 12.3. The van der Waals surface area contributed by atoms with Gasteiger partial charge in [-0.1, -0.05) is 30.0 Å². The van der Waals surface area contributed by atoms with Gasteiger partial charge in [0, 0.05) is 56.3 Å². The van der Waals surface area contributed by atoms with Crippen molar-refractivity contribution >= 4 is 63.8 Å². The zero-order valence-corrected chi connectivity index (χ0v) is 25.8. The van der Waals surface area contributed by atoms with E-state index in [1.165, 1.54) is 6.07 Å². The van der Waals surface area contributed by atoms with E-state index in [-0.39, 0.29) is 16.1 Å². The molecule has 4 rings (SSSR count). The number of benzene rings is 2. The molecule has 1 aromatic heterocycles. The number of carbonyl (C=O) groups is 5. The average Bonchev–Trinajstić information content (AvgIpc) is 2.98. The highest BCUT2D eigenvalue weighted by Gasteiger charge is 2.52. The van der Waals surface area contributed by atoms with Gasteiger partial charge in [-0.15, -0.1) is 0 Å². The molecule has 5 atom stereocenters. The lowest BCUT2D eigenvalue weighted by Crippen LogP contribution is -2.61. The van der Waals surface area contributed by atoms with Crippen molar-refractivity contribution in [3.63, 3.8) is 0 Å². The summed E-state index contributed by atoms with van der Waals surface area (Å²) in [7, 11) is 0. The minimum Gasteiger partial charge on any atom is -0.463 e. The molecule has 15 nitrogen and oxygen atoms in total. The van der Waals surface area contributed by atoms with E-state index in [2.05, 4.69) is 10.3 Å². The Hall–Kier alpha value is -5.09. The van der Waals surface area contributed by atoms with Crippen LogP contribution in [0.25, 0.3) is 10.9 Å². The number of non-ortho nitro benzene ring substituents is 1. The Kier molecular flexibility index (Phi) is 10.9. The molecular formula is C30H29N3O12S. The Bertz CT molecular complexity index is 1680. The van der Waals surface area contributed by atoms with E-state index >= 15 is 0 Å². The van der Waals surface area contributed by atoms with Gasteiger partial charge in [0.05, 0.1) is 21.7 Å². The van der Waals surface area contributed by atoms with Crippen molar-refractivity contribution in [2.75, 3.05) is 11.9 Å². The second-order valence-electron chi connectivity index (χ2n) is 9.96.